The van der Waals surface area contributed by atoms with E-state index in [-0.39, 0.29) is 11.9 Å². The first-order chi connectivity index (χ1) is 12.6. The van der Waals surface area contributed by atoms with E-state index in [0.29, 0.717) is 6.54 Å². The number of nitrogens with zero attached hydrogens (tertiary/aromatic N) is 3. The monoisotopic (exact) mass is 380 g/mol. The number of imide groups is 1. The van der Waals surface area contributed by atoms with E-state index in [2.05, 4.69) is 12.2 Å². The number of likely N-dealkylation sites (N-methyl/N-ethyl adjacent to an activating group) is 1. The third kappa shape index (κ3) is 5.25. The number of aliphatic imine (C=N–C) groups is 1. The Morgan fingerprint density at radius 3 is 2.54 bits per heavy atom. The number of amidine groups is 1. The third-order valence-corrected chi connectivity index (χ3v) is 5.93. The van der Waals surface area contributed by atoms with Gasteiger partial charge in [-0.1, -0.05) is 69.4 Å². The van der Waals surface area contributed by atoms with Crippen LogP contribution in [0.2, 0.25) is 0 Å². The van der Waals surface area contributed by atoms with Gasteiger partial charge in [0.25, 0.3) is 5.91 Å². The number of thioether (sulfide) groups is 1. The van der Waals surface area contributed by atoms with E-state index in [1.165, 1.54) is 43.4 Å². The van der Waals surface area contributed by atoms with Gasteiger partial charge in [0.15, 0.2) is 17.4 Å². The van der Waals surface area contributed by atoms with Gasteiger partial charge in [-0.25, -0.2) is 9.79 Å². The van der Waals surface area contributed by atoms with Crippen LogP contribution in [-0.2, 0) is 4.79 Å². The van der Waals surface area contributed by atoms with E-state index >= 15 is 0 Å². The lowest BCUT2D eigenvalue weighted by molar-refractivity contribution is -0.126. The molecule has 0 aromatic carbocycles. The fraction of sp³-hybridized carbons (Fsp3) is 0.737. The SMILES string of the molecule is C/C=C/CN1C(SCCCCCCCCC)=NC2C1C(=O)NC(=O)N2C. The molecule has 0 spiro atoms. The van der Waals surface area contributed by atoms with Crippen molar-refractivity contribution >= 4 is 28.9 Å². The first-order valence-corrected chi connectivity index (χ1v) is 10.7. The van der Waals surface area contributed by atoms with Crippen molar-refractivity contribution in [1.29, 1.82) is 0 Å². The molecule has 2 atom stereocenters. The maximum absolute atomic E-state index is 12.3. The van der Waals surface area contributed by atoms with Gasteiger partial charge in [0.2, 0.25) is 0 Å². The van der Waals surface area contributed by atoms with Crippen LogP contribution < -0.4 is 5.32 Å². The summed E-state index contributed by atoms with van der Waals surface area (Å²) in [4.78, 5) is 32.5. The molecule has 0 aromatic heterocycles. The molecule has 2 aliphatic rings. The molecule has 1 saturated heterocycles. The molecule has 3 amide bonds. The fourth-order valence-corrected chi connectivity index (χ4v) is 4.32. The summed E-state index contributed by atoms with van der Waals surface area (Å²) in [6.07, 6.45) is 12.5. The van der Waals surface area contributed by atoms with E-state index in [9.17, 15) is 9.59 Å². The van der Waals surface area contributed by atoms with E-state index in [0.717, 1.165) is 17.3 Å². The minimum atomic E-state index is -0.426. The van der Waals surface area contributed by atoms with Gasteiger partial charge >= 0.3 is 6.03 Å². The Morgan fingerprint density at radius 2 is 1.85 bits per heavy atom. The number of hydrogen-bond donors (Lipinski definition) is 1. The smallest absolute Gasteiger partial charge is 0.325 e. The van der Waals surface area contributed by atoms with Gasteiger partial charge in [0.05, 0.1) is 0 Å². The van der Waals surface area contributed by atoms with E-state index in [1.807, 2.05) is 24.0 Å². The summed E-state index contributed by atoms with van der Waals surface area (Å²) < 4.78 is 0. The number of nitrogens with one attached hydrogen (secondary N) is 1. The highest BCUT2D eigenvalue weighted by Crippen LogP contribution is 2.28. The number of carbonyl (C=O) groups excluding carboxylic acids is 2. The molecule has 6 nitrogen and oxygen atoms in total. The van der Waals surface area contributed by atoms with Crippen molar-refractivity contribution in [1.82, 2.24) is 15.1 Å². The van der Waals surface area contributed by atoms with Crippen molar-refractivity contribution < 1.29 is 9.59 Å². The minimum Gasteiger partial charge on any atom is -0.332 e. The largest absolute Gasteiger partial charge is 0.332 e. The summed E-state index contributed by atoms with van der Waals surface area (Å²) in [6.45, 7) is 4.84. The standard InChI is InChI=1S/C19H32N4O2S/c1-4-6-8-9-10-11-12-14-26-19-20-16-15(23(19)13-7-5-2)17(24)21-18(25)22(16)3/h5,7,15-16H,4,6,8-14H2,1-3H3,(H,21,24,25)/b7-5+. The Morgan fingerprint density at radius 1 is 1.15 bits per heavy atom. The van der Waals surface area contributed by atoms with Crippen molar-refractivity contribution in [2.24, 2.45) is 4.99 Å². The van der Waals surface area contributed by atoms with Crippen LogP contribution in [0.15, 0.2) is 17.1 Å². The molecule has 2 rings (SSSR count). The van der Waals surface area contributed by atoms with Crippen molar-refractivity contribution in [3.63, 3.8) is 0 Å². The molecule has 0 aromatic rings. The average Bonchev–Trinajstić information content (AvgIpc) is 2.99. The maximum atomic E-state index is 12.3. The minimum absolute atomic E-state index is 0.252. The van der Waals surface area contributed by atoms with Crippen LogP contribution in [-0.4, -0.2) is 58.5 Å². The van der Waals surface area contributed by atoms with Crippen LogP contribution >= 0.6 is 11.8 Å². The number of hydrogen-bond acceptors (Lipinski definition) is 5. The lowest BCUT2D eigenvalue weighted by Gasteiger charge is -2.35. The average molecular weight is 381 g/mol. The van der Waals surface area contributed by atoms with Gasteiger partial charge in [0.1, 0.15) is 0 Å². The number of unbranched alkanes of at least 4 members (excludes halogenated alkanes) is 6. The molecule has 0 aliphatic carbocycles. The van der Waals surface area contributed by atoms with Crippen LogP contribution in [0.3, 0.4) is 0 Å². The molecule has 146 valence electrons. The van der Waals surface area contributed by atoms with Crippen molar-refractivity contribution in [3.05, 3.63) is 12.2 Å². The molecule has 0 bridgehead atoms. The van der Waals surface area contributed by atoms with Crippen molar-refractivity contribution in [2.45, 2.75) is 71.0 Å². The number of rotatable bonds is 10. The number of allylic oxidation sites excluding steroid dienone is 1. The van der Waals surface area contributed by atoms with Gasteiger partial charge in [-0.05, 0) is 13.3 Å². The summed E-state index contributed by atoms with van der Waals surface area (Å²) in [7, 11) is 1.70. The third-order valence-electron chi connectivity index (χ3n) is 4.84. The van der Waals surface area contributed by atoms with Crippen LogP contribution in [0, 0.1) is 0 Å². The molecular formula is C19H32N4O2S. The Kier molecular flexibility index (Phi) is 8.48. The number of urea groups is 1. The van der Waals surface area contributed by atoms with Gasteiger partial charge in [-0.2, -0.15) is 0 Å². The highest BCUT2D eigenvalue weighted by atomic mass is 32.2. The summed E-state index contributed by atoms with van der Waals surface area (Å²) in [5.41, 5.74) is 0. The first-order valence-electron chi connectivity index (χ1n) is 9.76. The van der Waals surface area contributed by atoms with Crippen molar-refractivity contribution in [3.8, 4) is 0 Å². The van der Waals surface area contributed by atoms with E-state index in [4.69, 9.17) is 4.99 Å². The second-order valence-electron chi connectivity index (χ2n) is 6.87. The van der Waals surface area contributed by atoms with Gasteiger partial charge in [-0.15, -0.1) is 0 Å². The van der Waals surface area contributed by atoms with Gasteiger partial charge < -0.3 is 9.80 Å². The quantitative estimate of drug-likeness (QED) is 0.465. The molecule has 2 heterocycles. The van der Waals surface area contributed by atoms with Crippen LogP contribution in [0.25, 0.3) is 0 Å². The molecule has 26 heavy (non-hydrogen) atoms. The number of amides is 3. The highest BCUT2D eigenvalue weighted by Gasteiger charge is 2.48. The molecule has 2 aliphatic heterocycles. The lowest BCUT2D eigenvalue weighted by atomic mass is 10.1. The number of fused-ring (bicyclic) bond motifs is 1. The fourth-order valence-electron chi connectivity index (χ4n) is 3.25. The van der Waals surface area contributed by atoms with Crippen molar-refractivity contribution in [2.75, 3.05) is 19.3 Å². The topological polar surface area (TPSA) is 65.0 Å². The molecule has 2 unspecified atom stereocenters. The second-order valence-corrected chi connectivity index (χ2v) is 7.93. The zero-order valence-electron chi connectivity index (χ0n) is 16.2. The summed E-state index contributed by atoms with van der Waals surface area (Å²) in [5, 5.41) is 3.30. The number of carbonyl (C=O) groups is 2. The lowest BCUT2D eigenvalue weighted by Crippen LogP contribution is -2.63. The molecule has 1 fully saturated rings. The normalized spacial score (nSPS) is 22.8. The van der Waals surface area contributed by atoms with Gasteiger partial charge in [0, 0.05) is 19.3 Å². The Hall–Kier alpha value is -1.50. The summed E-state index contributed by atoms with van der Waals surface area (Å²) in [6, 6.07) is -0.797. The zero-order chi connectivity index (χ0) is 18.9. The first kappa shape index (κ1) is 20.8. The zero-order valence-corrected chi connectivity index (χ0v) is 17.1. The van der Waals surface area contributed by atoms with Gasteiger partial charge in [-0.3, -0.25) is 10.1 Å². The van der Waals surface area contributed by atoms with Crippen LogP contribution in [0.1, 0.15) is 58.8 Å². The summed E-state index contributed by atoms with van der Waals surface area (Å²) in [5.74, 6) is 0.746. The van der Waals surface area contributed by atoms with Crippen LogP contribution in [0.5, 0.6) is 0 Å². The molecule has 0 radical (unpaired) electrons. The molecule has 7 heteroatoms. The molecular weight excluding hydrogens is 348 g/mol. The molecule has 0 saturated carbocycles. The van der Waals surface area contributed by atoms with Crippen LogP contribution in [0.4, 0.5) is 4.79 Å². The van der Waals surface area contributed by atoms with E-state index < -0.39 is 12.2 Å². The Bertz CT molecular complexity index is 550. The van der Waals surface area contributed by atoms with E-state index in [1.54, 1.807) is 18.8 Å². The Balaban J connectivity index is 1.88. The Labute approximate surface area is 161 Å². The highest BCUT2D eigenvalue weighted by molar-refractivity contribution is 8.13. The predicted octanol–water partition coefficient (Wildman–Crippen LogP) is 3.59. The predicted molar refractivity (Wildman–Crippen MR) is 108 cm³/mol. The maximum Gasteiger partial charge on any atom is 0.325 e. The summed E-state index contributed by atoms with van der Waals surface area (Å²) >= 11 is 1.71. The second kappa shape index (κ2) is 10.6. The molecule has 1 N–H and O–H groups in total.